The van der Waals surface area contributed by atoms with Gasteiger partial charge in [0.2, 0.25) is 0 Å². The summed E-state index contributed by atoms with van der Waals surface area (Å²) in [4.78, 5) is 13.6. The number of halogens is 1. The summed E-state index contributed by atoms with van der Waals surface area (Å²) in [7, 11) is 1.89. The number of amides is 2. The molecule has 2 rings (SSSR count). The van der Waals surface area contributed by atoms with E-state index in [2.05, 4.69) is 10.6 Å². The van der Waals surface area contributed by atoms with Crippen LogP contribution in [-0.2, 0) is 0 Å². The highest BCUT2D eigenvalue weighted by molar-refractivity contribution is 5.89. The Morgan fingerprint density at radius 2 is 2.35 bits per heavy atom. The minimum atomic E-state index is -0.350. The van der Waals surface area contributed by atoms with Gasteiger partial charge in [0.25, 0.3) is 0 Å². The normalized spacial score (nSPS) is 19.4. The Kier molecular flexibility index (Phi) is 3.58. The van der Waals surface area contributed by atoms with Crippen LogP contribution in [0.4, 0.5) is 14.9 Å². The second kappa shape index (κ2) is 5.14. The molecule has 17 heavy (non-hydrogen) atoms. The van der Waals surface area contributed by atoms with Crippen LogP contribution in [0.15, 0.2) is 24.3 Å². The van der Waals surface area contributed by atoms with Gasteiger partial charge in [0.05, 0.1) is 0 Å². The SMILES string of the molecule is CN[C@H]1CCN(C(=O)Nc2cccc(F)c2)C1. The van der Waals surface area contributed by atoms with Crippen LogP contribution in [0.5, 0.6) is 0 Å². The predicted octanol–water partition coefficient (Wildman–Crippen LogP) is 1.65. The lowest BCUT2D eigenvalue weighted by Gasteiger charge is -2.17. The van der Waals surface area contributed by atoms with Crippen molar-refractivity contribution in [3.05, 3.63) is 30.1 Å². The quantitative estimate of drug-likeness (QED) is 0.821. The molecule has 0 unspecified atom stereocenters. The zero-order valence-electron chi connectivity index (χ0n) is 9.74. The summed E-state index contributed by atoms with van der Waals surface area (Å²) in [5.41, 5.74) is 0.489. The first-order valence-corrected chi connectivity index (χ1v) is 5.68. The Bertz CT molecular complexity index is 410. The van der Waals surface area contributed by atoms with Gasteiger partial charge in [-0.15, -0.1) is 0 Å². The highest BCUT2D eigenvalue weighted by atomic mass is 19.1. The van der Waals surface area contributed by atoms with Crippen LogP contribution in [0.3, 0.4) is 0 Å². The molecule has 5 heteroatoms. The zero-order chi connectivity index (χ0) is 12.3. The van der Waals surface area contributed by atoms with Crippen LogP contribution in [0.2, 0.25) is 0 Å². The molecule has 1 heterocycles. The number of rotatable bonds is 2. The van der Waals surface area contributed by atoms with E-state index in [0.29, 0.717) is 18.3 Å². The van der Waals surface area contributed by atoms with E-state index in [9.17, 15) is 9.18 Å². The molecule has 0 saturated carbocycles. The van der Waals surface area contributed by atoms with E-state index in [1.165, 1.54) is 12.1 Å². The minimum absolute atomic E-state index is 0.173. The van der Waals surface area contributed by atoms with E-state index in [1.807, 2.05) is 7.05 Å². The Morgan fingerprint density at radius 3 is 3.00 bits per heavy atom. The van der Waals surface area contributed by atoms with Crippen LogP contribution in [0.25, 0.3) is 0 Å². The number of likely N-dealkylation sites (N-methyl/N-ethyl adjacent to an activating group) is 1. The number of carbonyl (C=O) groups excluding carboxylic acids is 1. The van der Waals surface area contributed by atoms with Crippen molar-refractivity contribution in [2.45, 2.75) is 12.5 Å². The van der Waals surface area contributed by atoms with Gasteiger partial charge in [-0.05, 0) is 31.7 Å². The van der Waals surface area contributed by atoms with E-state index < -0.39 is 0 Å². The molecule has 2 amide bonds. The number of anilines is 1. The highest BCUT2D eigenvalue weighted by Crippen LogP contribution is 2.13. The minimum Gasteiger partial charge on any atom is -0.323 e. The molecule has 2 N–H and O–H groups in total. The van der Waals surface area contributed by atoms with E-state index in [4.69, 9.17) is 0 Å². The number of likely N-dealkylation sites (tertiary alicyclic amines) is 1. The second-order valence-corrected chi connectivity index (χ2v) is 4.16. The topological polar surface area (TPSA) is 44.4 Å². The van der Waals surface area contributed by atoms with Gasteiger partial charge in [0.15, 0.2) is 0 Å². The number of hydrogen-bond acceptors (Lipinski definition) is 2. The summed E-state index contributed by atoms with van der Waals surface area (Å²) >= 11 is 0. The van der Waals surface area contributed by atoms with Gasteiger partial charge >= 0.3 is 6.03 Å². The molecule has 1 atom stereocenters. The summed E-state index contributed by atoms with van der Waals surface area (Å²) in [6.07, 6.45) is 0.951. The molecule has 92 valence electrons. The summed E-state index contributed by atoms with van der Waals surface area (Å²) in [6.45, 7) is 1.42. The Hall–Kier alpha value is -1.62. The molecule has 1 aromatic carbocycles. The number of hydrogen-bond donors (Lipinski definition) is 2. The molecule has 1 aliphatic heterocycles. The third-order valence-corrected chi connectivity index (χ3v) is 2.96. The van der Waals surface area contributed by atoms with Gasteiger partial charge in [0, 0.05) is 24.8 Å². The average molecular weight is 237 g/mol. The van der Waals surface area contributed by atoms with E-state index in [0.717, 1.165) is 13.0 Å². The summed E-state index contributed by atoms with van der Waals surface area (Å²) in [5.74, 6) is -0.350. The monoisotopic (exact) mass is 237 g/mol. The maximum Gasteiger partial charge on any atom is 0.321 e. The van der Waals surface area contributed by atoms with Crippen molar-refractivity contribution in [1.29, 1.82) is 0 Å². The van der Waals surface area contributed by atoms with E-state index in [-0.39, 0.29) is 11.8 Å². The lowest BCUT2D eigenvalue weighted by molar-refractivity contribution is 0.221. The van der Waals surface area contributed by atoms with Crippen molar-refractivity contribution in [2.75, 3.05) is 25.5 Å². The summed E-state index contributed by atoms with van der Waals surface area (Å²) < 4.78 is 12.9. The number of nitrogens with one attached hydrogen (secondary N) is 2. The molecule has 0 spiro atoms. The van der Waals surface area contributed by atoms with E-state index in [1.54, 1.807) is 17.0 Å². The molecule has 1 fully saturated rings. The van der Waals surface area contributed by atoms with Crippen molar-refractivity contribution < 1.29 is 9.18 Å². The molecular weight excluding hydrogens is 221 g/mol. The number of carbonyl (C=O) groups is 1. The first-order valence-electron chi connectivity index (χ1n) is 5.68. The second-order valence-electron chi connectivity index (χ2n) is 4.16. The lowest BCUT2D eigenvalue weighted by Crippen LogP contribution is -2.36. The maximum atomic E-state index is 12.9. The van der Waals surface area contributed by atoms with Gasteiger partial charge in [-0.2, -0.15) is 0 Å². The molecule has 1 aromatic rings. The molecule has 0 aliphatic carbocycles. The Labute approximate surface area is 99.8 Å². The summed E-state index contributed by atoms with van der Waals surface area (Å²) in [6, 6.07) is 6.09. The Balaban J connectivity index is 1.93. The fourth-order valence-corrected chi connectivity index (χ4v) is 1.95. The number of nitrogens with zero attached hydrogens (tertiary/aromatic N) is 1. The molecule has 0 aromatic heterocycles. The van der Waals surface area contributed by atoms with Gasteiger partial charge in [-0.25, -0.2) is 9.18 Å². The standard InChI is InChI=1S/C12H16FN3O/c1-14-11-5-6-16(8-11)12(17)15-10-4-2-3-9(13)7-10/h2-4,7,11,14H,5-6,8H2,1H3,(H,15,17)/t11-/m0/s1. The smallest absolute Gasteiger partial charge is 0.321 e. The fourth-order valence-electron chi connectivity index (χ4n) is 1.95. The number of urea groups is 1. The van der Waals surface area contributed by atoms with Crippen molar-refractivity contribution in [2.24, 2.45) is 0 Å². The van der Waals surface area contributed by atoms with Crippen molar-refractivity contribution >= 4 is 11.7 Å². The van der Waals surface area contributed by atoms with Crippen LogP contribution < -0.4 is 10.6 Å². The first-order chi connectivity index (χ1) is 8.19. The summed E-state index contributed by atoms with van der Waals surface area (Å²) in [5, 5.41) is 5.83. The van der Waals surface area contributed by atoms with Crippen LogP contribution in [0, 0.1) is 5.82 Å². The van der Waals surface area contributed by atoms with Crippen LogP contribution in [-0.4, -0.2) is 37.1 Å². The molecule has 1 saturated heterocycles. The zero-order valence-corrected chi connectivity index (χ0v) is 9.74. The largest absolute Gasteiger partial charge is 0.323 e. The van der Waals surface area contributed by atoms with Crippen molar-refractivity contribution in [3.8, 4) is 0 Å². The molecule has 1 aliphatic rings. The third-order valence-electron chi connectivity index (χ3n) is 2.96. The maximum absolute atomic E-state index is 12.9. The van der Waals surface area contributed by atoms with Crippen molar-refractivity contribution in [3.63, 3.8) is 0 Å². The molecule has 4 nitrogen and oxygen atoms in total. The average Bonchev–Trinajstić information content (AvgIpc) is 2.77. The van der Waals surface area contributed by atoms with Crippen LogP contribution >= 0.6 is 0 Å². The Morgan fingerprint density at radius 1 is 1.53 bits per heavy atom. The first kappa shape index (κ1) is 11.9. The highest BCUT2D eigenvalue weighted by Gasteiger charge is 2.24. The van der Waals surface area contributed by atoms with Gasteiger partial charge in [0.1, 0.15) is 5.82 Å². The van der Waals surface area contributed by atoms with Crippen molar-refractivity contribution in [1.82, 2.24) is 10.2 Å². The predicted molar refractivity (Wildman–Crippen MR) is 64.5 cm³/mol. The van der Waals surface area contributed by atoms with Gasteiger partial charge in [-0.1, -0.05) is 6.07 Å². The van der Waals surface area contributed by atoms with Gasteiger partial charge < -0.3 is 15.5 Å². The molecular formula is C12H16FN3O. The van der Waals surface area contributed by atoms with Gasteiger partial charge in [-0.3, -0.25) is 0 Å². The fraction of sp³-hybridized carbons (Fsp3) is 0.417. The lowest BCUT2D eigenvalue weighted by atomic mass is 10.3. The number of benzene rings is 1. The third kappa shape index (κ3) is 2.94. The molecule has 0 bridgehead atoms. The molecule has 0 radical (unpaired) electrons. The van der Waals surface area contributed by atoms with E-state index >= 15 is 0 Å². The van der Waals surface area contributed by atoms with Crippen LogP contribution in [0.1, 0.15) is 6.42 Å².